The van der Waals surface area contributed by atoms with Gasteiger partial charge >= 0.3 is 7.67 Å². The molecule has 0 fully saturated rings. The molecular weight excluding hydrogens is 329 g/mol. The average molecular weight is 349 g/mol. The van der Waals surface area contributed by atoms with Crippen molar-refractivity contribution >= 4 is 35.5 Å². The fourth-order valence-electron chi connectivity index (χ4n) is 1.23. The standard InChI is InChI=1S/C8H20N3O6PS2/c1-9-18(13,14)11-5-4-10-8(12)7(3-6-19-2)20(15,16)17/h7H,3-6H2,1-2H3,(H,10,12)(H,15,16,17)(H3,9,11,13,14). The first-order valence-corrected chi connectivity index (χ1v) is 10.2. The summed E-state index contributed by atoms with van der Waals surface area (Å²) in [6, 6.07) is 0. The molecule has 1 amide bonds. The van der Waals surface area contributed by atoms with Gasteiger partial charge in [0, 0.05) is 13.1 Å². The van der Waals surface area contributed by atoms with Crippen LogP contribution in [-0.4, -0.2) is 61.2 Å². The van der Waals surface area contributed by atoms with Gasteiger partial charge in [-0.1, -0.05) is 0 Å². The van der Waals surface area contributed by atoms with Crippen molar-refractivity contribution in [2.45, 2.75) is 11.7 Å². The first-order valence-electron chi connectivity index (χ1n) is 5.64. The van der Waals surface area contributed by atoms with E-state index in [2.05, 4.69) is 15.5 Å². The van der Waals surface area contributed by atoms with E-state index in [-0.39, 0.29) is 19.5 Å². The molecule has 0 aromatic heterocycles. The summed E-state index contributed by atoms with van der Waals surface area (Å²) in [6.07, 6.45) is 1.74. The van der Waals surface area contributed by atoms with E-state index in [1.807, 2.05) is 0 Å². The maximum absolute atomic E-state index is 11.7. The number of amides is 1. The number of nitrogens with one attached hydrogen (secondary N) is 3. The molecule has 2 unspecified atom stereocenters. The fraction of sp³-hybridized carbons (Fsp3) is 0.875. The lowest BCUT2D eigenvalue weighted by Gasteiger charge is -2.15. The van der Waals surface area contributed by atoms with Crippen LogP contribution in [0.3, 0.4) is 0 Å². The predicted molar refractivity (Wildman–Crippen MR) is 78.2 cm³/mol. The Kier molecular flexibility index (Phi) is 8.91. The second-order valence-corrected chi connectivity index (χ2v) is 8.28. The topological polar surface area (TPSA) is 145 Å². The van der Waals surface area contributed by atoms with Crippen LogP contribution >= 0.6 is 19.4 Å². The molecule has 0 saturated heterocycles. The molecule has 120 valence electrons. The van der Waals surface area contributed by atoms with Crippen LogP contribution in [0.1, 0.15) is 6.42 Å². The summed E-state index contributed by atoms with van der Waals surface area (Å²) in [4.78, 5) is 20.8. The van der Waals surface area contributed by atoms with E-state index in [1.54, 1.807) is 6.26 Å². The highest BCUT2D eigenvalue weighted by Crippen LogP contribution is 2.26. The Morgan fingerprint density at radius 3 is 2.45 bits per heavy atom. The summed E-state index contributed by atoms with van der Waals surface area (Å²) in [6.45, 7) is -0.0720. The summed E-state index contributed by atoms with van der Waals surface area (Å²) in [5.74, 6) is -0.428. The van der Waals surface area contributed by atoms with Crippen molar-refractivity contribution in [3.05, 3.63) is 0 Å². The molecule has 0 radical (unpaired) electrons. The minimum Gasteiger partial charge on any atom is -0.354 e. The summed E-state index contributed by atoms with van der Waals surface area (Å²) >= 11 is 1.35. The van der Waals surface area contributed by atoms with Crippen molar-refractivity contribution in [2.75, 3.05) is 32.1 Å². The van der Waals surface area contributed by atoms with E-state index in [4.69, 9.17) is 9.45 Å². The quantitative estimate of drug-likeness (QED) is 0.191. The van der Waals surface area contributed by atoms with Crippen molar-refractivity contribution in [1.29, 1.82) is 0 Å². The monoisotopic (exact) mass is 349 g/mol. The van der Waals surface area contributed by atoms with Gasteiger partial charge in [-0.2, -0.15) is 20.2 Å². The minimum atomic E-state index is -4.47. The highest BCUT2D eigenvalue weighted by atomic mass is 32.2. The average Bonchev–Trinajstić information content (AvgIpc) is 2.33. The van der Waals surface area contributed by atoms with Crippen molar-refractivity contribution in [2.24, 2.45) is 0 Å². The Balaban J connectivity index is 4.31. The molecule has 0 aliphatic carbocycles. The zero-order valence-corrected chi connectivity index (χ0v) is 13.7. The maximum Gasteiger partial charge on any atom is 0.338 e. The van der Waals surface area contributed by atoms with Gasteiger partial charge in [-0.05, 0) is 25.5 Å². The number of hydrogen-bond donors (Lipinski definition) is 5. The lowest BCUT2D eigenvalue weighted by atomic mass is 10.3. The summed E-state index contributed by atoms with van der Waals surface area (Å²) in [5.41, 5.74) is 0. The molecule has 0 aliphatic heterocycles. The molecule has 0 bridgehead atoms. The van der Waals surface area contributed by atoms with Crippen LogP contribution in [0.2, 0.25) is 0 Å². The van der Waals surface area contributed by atoms with E-state index in [9.17, 15) is 17.8 Å². The summed E-state index contributed by atoms with van der Waals surface area (Å²) in [5, 5.41) is 5.16. The van der Waals surface area contributed by atoms with E-state index >= 15 is 0 Å². The van der Waals surface area contributed by atoms with Crippen LogP contribution in [-0.2, 0) is 19.5 Å². The lowest BCUT2D eigenvalue weighted by Crippen LogP contribution is -2.42. The molecular formula is C8H20N3O6PS2. The molecule has 0 saturated carbocycles. The van der Waals surface area contributed by atoms with E-state index in [1.165, 1.54) is 18.8 Å². The Labute approximate surface area is 122 Å². The van der Waals surface area contributed by atoms with E-state index in [0.717, 1.165) is 0 Å². The van der Waals surface area contributed by atoms with Gasteiger partial charge in [0.15, 0.2) is 5.25 Å². The highest BCUT2D eigenvalue weighted by Gasteiger charge is 2.30. The smallest absolute Gasteiger partial charge is 0.338 e. The molecule has 0 aromatic carbocycles. The Morgan fingerprint density at radius 1 is 1.40 bits per heavy atom. The van der Waals surface area contributed by atoms with Gasteiger partial charge < -0.3 is 10.2 Å². The van der Waals surface area contributed by atoms with E-state index in [0.29, 0.717) is 5.75 Å². The number of rotatable bonds is 10. The first kappa shape index (κ1) is 19.8. The minimum absolute atomic E-state index is 0.00568. The molecule has 0 spiro atoms. The Bertz CT molecular complexity index is 457. The number of carbonyl (C=O) groups excluding carboxylic acids is 1. The van der Waals surface area contributed by atoms with Gasteiger partial charge in [0.25, 0.3) is 10.1 Å². The molecule has 5 N–H and O–H groups in total. The van der Waals surface area contributed by atoms with Crippen molar-refractivity contribution in [3.63, 3.8) is 0 Å². The molecule has 20 heavy (non-hydrogen) atoms. The third-order valence-corrected chi connectivity index (χ3v) is 5.36. The van der Waals surface area contributed by atoms with Crippen molar-refractivity contribution in [1.82, 2.24) is 15.5 Å². The first-order chi connectivity index (χ1) is 9.14. The maximum atomic E-state index is 11.7. The summed E-state index contributed by atoms with van der Waals surface area (Å²) < 4.78 is 42.3. The SMILES string of the molecule is CNP(=O)(O)NCCNC(=O)C(CCSC)S(=O)(=O)O. The molecule has 0 aliphatic rings. The Morgan fingerprint density at radius 2 is 2.00 bits per heavy atom. The predicted octanol–water partition coefficient (Wildman–Crippen LogP) is -0.978. The zero-order chi connectivity index (χ0) is 15.8. The molecule has 12 heteroatoms. The van der Waals surface area contributed by atoms with Crippen LogP contribution in [0.4, 0.5) is 0 Å². The number of hydrogen-bond acceptors (Lipinski definition) is 5. The third-order valence-electron chi connectivity index (χ3n) is 2.29. The van der Waals surface area contributed by atoms with Crippen LogP contribution in [0, 0.1) is 0 Å². The van der Waals surface area contributed by atoms with E-state index < -0.39 is 28.9 Å². The van der Waals surface area contributed by atoms with Gasteiger partial charge in [0.05, 0.1) is 0 Å². The van der Waals surface area contributed by atoms with Gasteiger partial charge in [-0.25, -0.2) is 10.2 Å². The zero-order valence-electron chi connectivity index (χ0n) is 11.2. The molecule has 2 atom stereocenters. The highest BCUT2D eigenvalue weighted by molar-refractivity contribution is 7.98. The van der Waals surface area contributed by atoms with Gasteiger partial charge in [0.2, 0.25) is 5.91 Å². The van der Waals surface area contributed by atoms with Crippen molar-refractivity contribution < 1.29 is 27.2 Å². The fourth-order valence-corrected chi connectivity index (χ4v) is 3.19. The second kappa shape index (κ2) is 8.98. The van der Waals surface area contributed by atoms with Gasteiger partial charge in [-0.15, -0.1) is 0 Å². The largest absolute Gasteiger partial charge is 0.354 e. The molecule has 9 nitrogen and oxygen atoms in total. The Hall–Kier alpha value is -0.160. The lowest BCUT2D eigenvalue weighted by molar-refractivity contribution is -0.120. The molecule has 0 aromatic rings. The second-order valence-electron chi connectivity index (χ2n) is 3.78. The van der Waals surface area contributed by atoms with Gasteiger partial charge in [0.1, 0.15) is 0 Å². The van der Waals surface area contributed by atoms with Crippen LogP contribution in [0.5, 0.6) is 0 Å². The number of thioether (sulfide) groups is 1. The third kappa shape index (κ3) is 8.20. The molecule has 0 rings (SSSR count). The van der Waals surface area contributed by atoms with Gasteiger partial charge in [-0.3, -0.25) is 13.9 Å². The normalized spacial score (nSPS) is 16.4. The number of carbonyl (C=O) groups is 1. The van der Waals surface area contributed by atoms with Crippen LogP contribution in [0.25, 0.3) is 0 Å². The molecule has 0 heterocycles. The van der Waals surface area contributed by atoms with Crippen molar-refractivity contribution in [3.8, 4) is 0 Å². The van der Waals surface area contributed by atoms with Crippen LogP contribution < -0.4 is 15.5 Å². The summed E-state index contributed by atoms with van der Waals surface area (Å²) in [7, 11) is -6.80. The van der Waals surface area contributed by atoms with Crippen LogP contribution in [0.15, 0.2) is 0 Å².